The number of benzene rings is 2. The lowest BCUT2D eigenvalue weighted by atomic mass is 9.91. The zero-order valence-electron chi connectivity index (χ0n) is 14.6. The fourth-order valence-corrected chi connectivity index (χ4v) is 2.88. The van der Waals surface area contributed by atoms with Crippen LogP contribution in [-0.4, -0.2) is 30.0 Å². The van der Waals surface area contributed by atoms with Crippen molar-refractivity contribution in [1.82, 2.24) is 10.2 Å². The summed E-state index contributed by atoms with van der Waals surface area (Å²) in [6.07, 6.45) is 0. The van der Waals surface area contributed by atoms with Crippen molar-refractivity contribution in [2.45, 2.75) is 12.5 Å². The number of carbonyl (C=O) groups excluding carboxylic acids is 2. The molecule has 0 aromatic heterocycles. The second-order valence-electron chi connectivity index (χ2n) is 6.19. The van der Waals surface area contributed by atoms with Crippen LogP contribution < -0.4 is 10.1 Å². The number of nitrogens with one attached hydrogen (secondary N) is 1. The van der Waals surface area contributed by atoms with Gasteiger partial charge >= 0.3 is 6.03 Å². The smallest absolute Gasteiger partial charge is 0.325 e. The second-order valence-corrected chi connectivity index (χ2v) is 6.19. The molecule has 1 unspecified atom stereocenters. The molecular formula is C20H16N4O3. The largest absolute Gasteiger partial charge is 0.492 e. The Morgan fingerprint density at radius 2 is 1.78 bits per heavy atom. The molecule has 134 valence electrons. The summed E-state index contributed by atoms with van der Waals surface area (Å²) in [5.74, 6) is 0.113. The first-order valence-corrected chi connectivity index (χ1v) is 8.25. The third-order valence-electron chi connectivity index (χ3n) is 4.41. The van der Waals surface area contributed by atoms with Crippen LogP contribution in [0.3, 0.4) is 0 Å². The molecule has 0 radical (unpaired) electrons. The van der Waals surface area contributed by atoms with E-state index < -0.39 is 11.6 Å². The number of rotatable bonds is 5. The van der Waals surface area contributed by atoms with Gasteiger partial charge in [0.25, 0.3) is 5.91 Å². The Bertz CT molecular complexity index is 972. The molecule has 0 spiro atoms. The van der Waals surface area contributed by atoms with Gasteiger partial charge in [0.15, 0.2) is 0 Å². The van der Waals surface area contributed by atoms with E-state index in [2.05, 4.69) is 5.32 Å². The third kappa shape index (κ3) is 3.44. The summed E-state index contributed by atoms with van der Waals surface area (Å²) in [4.78, 5) is 26.2. The Hall–Kier alpha value is -3.84. The Morgan fingerprint density at radius 3 is 2.44 bits per heavy atom. The van der Waals surface area contributed by atoms with Crippen molar-refractivity contribution in [3.8, 4) is 17.9 Å². The van der Waals surface area contributed by atoms with Gasteiger partial charge in [0.05, 0.1) is 29.8 Å². The van der Waals surface area contributed by atoms with E-state index in [-0.39, 0.29) is 19.1 Å². The molecule has 1 aliphatic heterocycles. The molecule has 0 aliphatic carbocycles. The van der Waals surface area contributed by atoms with Gasteiger partial charge in [0.1, 0.15) is 17.9 Å². The minimum atomic E-state index is -1.19. The highest BCUT2D eigenvalue weighted by Crippen LogP contribution is 2.29. The summed E-state index contributed by atoms with van der Waals surface area (Å²) in [5.41, 5.74) is 0.357. The van der Waals surface area contributed by atoms with E-state index in [1.807, 2.05) is 12.1 Å². The molecule has 1 N–H and O–H groups in total. The first-order valence-electron chi connectivity index (χ1n) is 8.25. The average Bonchev–Trinajstić information content (AvgIpc) is 2.92. The molecule has 1 heterocycles. The van der Waals surface area contributed by atoms with Crippen molar-refractivity contribution in [2.24, 2.45) is 0 Å². The van der Waals surface area contributed by atoms with Crippen molar-refractivity contribution in [3.63, 3.8) is 0 Å². The van der Waals surface area contributed by atoms with Gasteiger partial charge < -0.3 is 10.1 Å². The van der Waals surface area contributed by atoms with Crippen LogP contribution in [0, 0.1) is 22.7 Å². The van der Waals surface area contributed by atoms with Crippen molar-refractivity contribution in [1.29, 1.82) is 10.5 Å². The lowest BCUT2D eigenvalue weighted by molar-refractivity contribution is -0.131. The molecule has 3 amide bonds. The predicted octanol–water partition coefficient (Wildman–Crippen LogP) is 2.28. The number of hydrogen-bond acceptors (Lipinski definition) is 5. The van der Waals surface area contributed by atoms with E-state index in [9.17, 15) is 9.59 Å². The van der Waals surface area contributed by atoms with Crippen molar-refractivity contribution in [2.75, 3.05) is 13.2 Å². The standard InChI is InChI=1S/C20H16N4O3/c1-20(16-7-5-14(12-21)6-8-16)18(25)24(19(26)23-20)9-10-27-17-4-2-3-15(11-17)13-22/h2-8,11H,9-10H2,1H3,(H,23,26). The van der Waals surface area contributed by atoms with E-state index >= 15 is 0 Å². The maximum absolute atomic E-state index is 12.8. The van der Waals surface area contributed by atoms with Crippen LogP contribution in [0.4, 0.5) is 4.79 Å². The van der Waals surface area contributed by atoms with Crippen LogP contribution in [0.25, 0.3) is 0 Å². The van der Waals surface area contributed by atoms with Gasteiger partial charge in [0, 0.05) is 0 Å². The molecule has 0 bridgehead atoms. The molecule has 2 aromatic carbocycles. The van der Waals surface area contributed by atoms with E-state index in [1.54, 1.807) is 55.5 Å². The normalized spacial score (nSPS) is 18.6. The van der Waals surface area contributed by atoms with Gasteiger partial charge in [-0.3, -0.25) is 9.69 Å². The second kappa shape index (κ2) is 7.19. The SMILES string of the molecule is CC1(c2ccc(C#N)cc2)NC(=O)N(CCOc2cccc(C#N)c2)C1=O. The van der Waals surface area contributed by atoms with Crippen LogP contribution in [0.2, 0.25) is 0 Å². The number of urea groups is 1. The van der Waals surface area contributed by atoms with E-state index in [0.717, 1.165) is 4.90 Å². The average molecular weight is 360 g/mol. The molecule has 27 heavy (non-hydrogen) atoms. The quantitative estimate of drug-likeness (QED) is 0.823. The number of amides is 3. The fourth-order valence-electron chi connectivity index (χ4n) is 2.88. The number of carbonyl (C=O) groups is 2. The Balaban J connectivity index is 1.68. The topological polar surface area (TPSA) is 106 Å². The van der Waals surface area contributed by atoms with Crippen LogP contribution in [0.15, 0.2) is 48.5 Å². The summed E-state index contributed by atoms with van der Waals surface area (Å²) < 4.78 is 5.55. The zero-order valence-corrected chi connectivity index (χ0v) is 14.6. The van der Waals surface area contributed by atoms with Crippen LogP contribution in [-0.2, 0) is 10.3 Å². The van der Waals surface area contributed by atoms with Gasteiger partial charge in [-0.05, 0) is 42.8 Å². The lowest BCUT2D eigenvalue weighted by Crippen LogP contribution is -2.41. The molecule has 7 heteroatoms. The summed E-state index contributed by atoms with van der Waals surface area (Å²) in [6.45, 7) is 1.82. The summed E-state index contributed by atoms with van der Waals surface area (Å²) in [5, 5.41) is 20.5. The van der Waals surface area contributed by atoms with Crippen LogP contribution in [0.1, 0.15) is 23.6 Å². The maximum atomic E-state index is 12.8. The molecule has 1 saturated heterocycles. The third-order valence-corrected chi connectivity index (χ3v) is 4.41. The molecular weight excluding hydrogens is 344 g/mol. The van der Waals surface area contributed by atoms with Crippen LogP contribution >= 0.6 is 0 Å². The summed E-state index contributed by atoms with van der Waals surface area (Å²) >= 11 is 0. The highest BCUT2D eigenvalue weighted by atomic mass is 16.5. The van der Waals surface area contributed by atoms with Gasteiger partial charge in [0.2, 0.25) is 0 Å². The highest BCUT2D eigenvalue weighted by molar-refractivity contribution is 6.07. The molecule has 1 aliphatic rings. The predicted molar refractivity (Wildman–Crippen MR) is 95.4 cm³/mol. The van der Waals surface area contributed by atoms with Gasteiger partial charge in [-0.15, -0.1) is 0 Å². The first kappa shape index (κ1) is 18.0. The Kier molecular flexibility index (Phi) is 4.78. The Morgan fingerprint density at radius 1 is 1.07 bits per heavy atom. The summed E-state index contributed by atoms with van der Waals surface area (Å²) in [7, 11) is 0. The molecule has 7 nitrogen and oxygen atoms in total. The van der Waals surface area contributed by atoms with Crippen molar-refractivity contribution in [3.05, 3.63) is 65.2 Å². The molecule has 1 atom stereocenters. The van der Waals surface area contributed by atoms with E-state index in [1.165, 1.54) is 0 Å². The van der Waals surface area contributed by atoms with Crippen molar-refractivity contribution < 1.29 is 14.3 Å². The monoisotopic (exact) mass is 360 g/mol. The van der Waals surface area contributed by atoms with E-state index in [0.29, 0.717) is 22.4 Å². The molecule has 2 aromatic rings. The number of imide groups is 1. The van der Waals surface area contributed by atoms with Gasteiger partial charge in [-0.25, -0.2) is 4.79 Å². The summed E-state index contributed by atoms with van der Waals surface area (Å²) in [6, 6.07) is 16.7. The molecule has 1 fully saturated rings. The number of ether oxygens (including phenoxy) is 1. The van der Waals surface area contributed by atoms with Crippen molar-refractivity contribution >= 4 is 11.9 Å². The minimum Gasteiger partial charge on any atom is -0.492 e. The fraction of sp³-hybridized carbons (Fsp3) is 0.200. The lowest BCUT2D eigenvalue weighted by Gasteiger charge is -2.22. The number of nitrogens with zero attached hydrogens (tertiary/aromatic N) is 3. The van der Waals surface area contributed by atoms with Crippen LogP contribution in [0.5, 0.6) is 5.75 Å². The van der Waals surface area contributed by atoms with Gasteiger partial charge in [-0.1, -0.05) is 18.2 Å². The Labute approximate surface area is 156 Å². The highest BCUT2D eigenvalue weighted by Gasteiger charge is 2.48. The minimum absolute atomic E-state index is 0.0767. The van der Waals surface area contributed by atoms with E-state index in [4.69, 9.17) is 15.3 Å². The first-order chi connectivity index (χ1) is 13.0. The zero-order chi connectivity index (χ0) is 19.4. The van der Waals surface area contributed by atoms with Gasteiger partial charge in [-0.2, -0.15) is 10.5 Å². The molecule has 3 rings (SSSR count). The number of hydrogen-bond donors (Lipinski definition) is 1. The number of nitriles is 2. The maximum Gasteiger partial charge on any atom is 0.325 e. The molecule has 0 saturated carbocycles.